The minimum atomic E-state index is 0. The van der Waals surface area contributed by atoms with Gasteiger partial charge in [0.2, 0.25) is 0 Å². The van der Waals surface area contributed by atoms with Crippen molar-refractivity contribution in [2.45, 2.75) is 58.1 Å². The molecule has 1 aliphatic heterocycles. The molecular formula is C21H36IN5O. The summed E-state index contributed by atoms with van der Waals surface area (Å²) in [5.74, 6) is 2.86. The lowest BCUT2D eigenvalue weighted by atomic mass is 10.0. The van der Waals surface area contributed by atoms with Gasteiger partial charge in [0.25, 0.3) is 0 Å². The summed E-state index contributed by atoms with van der Waals surface area (Å²) in [7, 11) is 1.83. The van der Waals surface area contributed by atoms with Gasteiger partial charge in [-0.15, -0.1) is 24.0 Å². The fraction of sp³-hybridized carbons (Fsp3) is 0.714. The van der Waals surface area contributed by atoms with Crippen LogP contribution in [0, 0.1) is 5.92 Å². The number of aliphatic imine (C=N–C) groups is 1. The Labute approximate surface area is 186 Å². The molecule has 2 aliphatic rings. The Morgan fingerprint density at radius 2 is 2.11 bits per heavy atom. The van der Waals surface area contributed by atoms with Crippen LogP contribution in [-0.4, -0.2) is 50.3 Å². The molecule has 1 saturated heterocycles. The molecule has 0 aromatic carbocycles. The highest BCUT2D eigenvalue weighted by molar-refractivity contribution is 14.0. The predicted molar refractivity (Wildman–Crippen MR) is 127 cm³/mol. The first-order valence-electron chi connectivity index (χ1n) is 10.5. The van der Waals surface area contributed by atoms with Crippen LogP contribution in [0.3, 0.4) is 0 Å². The van der Waals surface area contributed by atoms with Crippen LogP contribution in [0.25, 0.3) is 0 Å². The van der Waals surface area contributed by atoms with Crippen molar-refractivity contribution in [3.05, 3.63) is 23.9 Å². The number of hydrogen-bond acceptors (Lipinski definition) is 4. The number of hydrogen-bond donors (Lipinski definition) is 2. The average molecular weight is 501 g/mol. The number of halogens is 1. The van der Waals surface area contributed by atoms with Gasteiger partial charge in [0.1, 0.15) is 5.82 Å². The Bertz CT molecular complexity index is 589. The SMILES string of the molecule is CN=C(NCCCC1CCCC1)NCc1ccc(N2CCOC(C)C2)nc1.I. The molecule has 0 spiro atoms. The van der Waals surface area contributed by atoms with Crippen molar-refractivity contribution < 1.29 is 4.74 Å². The quantitative estimate of drug-likeness (QED) is 0.259. The van der Waals surface area contributed by atoms with Crippen molar-refractivity contribution in [2.24, 2.45) is 10.9 Å². The number of nitrogens with one attached hydrogen (secondary N) is 2. The Morgan fingerprint density at radius 3 is 2.79 bits per heavy atom. The predicted octanol–water partition coefficient (Wildman–Crippen LogP) is 3.56. The number of aromatic nitrogens is 1. The van der Waals surface area contributed by atoms with Crippen molar-refractivity contribution in [2.75, 3.05) is 38.2 Å². The first-order valence-corrected chi connectivity index (χ1v) is 10.5. The summed E-state index contributed by atoms with van der Waals surface area (Å²) in [6, 6.07) is 4.25. The first-order chi connectivity index (χ1) is 13.2. The fourth-order valence-electron chi connectivity index (χ4n) is 4.04. The average Bonchev–Trinajstić information content (AvgIpc) is 3.21. The van der Waals surface area contributed by atoms with E-state index in [1.165, 1.54) is 38.5 Å². The number of nitrogens with zero attached hydrogens (tertiary/aromatic N) is 3. The molecule has 1 unspecified atom stereocenters. The molecule has 2 N–H and O–H groups in total. The molecule has 1 aromatic heterocycles. The van der Waals surface area contributed by atoms with Crippen molar-refractivity contribution in [3.8, 4) is 0 Å². The maximum atomic E-state index is 5.60. The molecule has 1 aromatic rings. The number of anilines is 1. The molecule has 1 atom stereocenters. The van der Waals surface area contributed by atoms with Crippen LogP contribution in [0.5, 0.6) is 0 Å². The van der Waals surface area contributed by atoms with Gasteiger partial charge in [-0.1, -0.05) is 31.7 Å². The molecule has 158 valence electrons. The Kier molecular flexibility index (Phi) is 10.3. The van der Waals surface area contributed by atoms with Crippen molar-refractivity contribution in [3.63, 3.8) is 0 Å². The van der Waals surface area contributed by atoms with Gasteiger partial charge in [0, 0.05) is 39.4 Å². The van der Waals surface area contributed by atoms with Crippen molar-refractivity contribution >= 4 is 35.8 Å². The highest BCUT2D eigenvalue weighted by Crippen LogP contribution is 2.28. The number of pyridine rings is 1. The Morgan fingerprint density at radius 1 is 1.29 bits per heavy atom. The topological polar surface area (TPSA) is 61.8 Å². The van der Waals surface area contributed by atoms with Gasteiger partial charge in [-0.3, -0.25) is 4.99 Å². The van der Waals surface area contributed by atoms with Crippen molar-refractivity contribution in [1.82, 2.24) is 15.6 Å². The molecule has 3 rings (SSSR count). The lowest BCUT2D eigenvalue weighted by Gasteiger charge is -2.32. The molecule has 1 saturated carbocycles. The number of rotatable bonds is 7. The van der Waals surface area contributed by atoms with E-state index in [4.69, 9.17) is 4.74 Å². The normalized spacial score (nSPS) is 20.7. The van der Waals surface area contributed by atoms with Crippen LogP contribution >= 0.6 is 24.0 Å². The van der Waals surface area contributed by atoms with E-state index in [1.807, 2.05) is 13.2 Å². The summed E-state index contributed by atoms with van der Waals surface area (Å²) in [5, 5.41) is 6.81. The van der Waals surface area contributed by atoms with Crippen LogP contribution in [0.15, 0.2) is 23.3 Å². The highest BCUT2D eigenvalue weighted by Gasteiger charge is 2.17. The summed E-state index contributed by atoms with van der Waals surface area (Å²) in [4.78, 5) is 11.2. The zero-order valence-electron chi connectivity index (χ0n) is 17.3. The zero-order chi connectivity index (χ0) is 18.9. The second kappa shape index (κ2) is 12.5. The van der Waals surface area contributed by atoms with Crippen LogP contribution < -0.4 is 15.5 Å². The molecule has 28 heavy (non-hydrogen) atoms. The summed E-state index contributed by atoms with van der Waals surface area (Å²) in [6.45, 7) is 6.41. The summed E-state index contributed by atoms with van der Waals surface area (Å²) in [6.07, 6.45) is 10.5. The van der Waals surface area contributed by atoms with Gasteiger partial charge in [0.05, 0.1) is 12.7 Å². The van der Waals surface area contributed by atoms with Gasteiger partial charge in [-0.05, 0) is 37.3 Å². The standard InChI is InChI=1S/C21H35N5O.HI/c1-17-16-26(12-13-27-17)20-10-9-19(14-24-20)15-25-21(22-2)23-11-5-8-18-6-3-4-7-18;/h9-10,14,17-18H,3-8,11-13,15-16H2,1-2H3,(H2,22,23,25);1H. The Hall–Kier alpha value is -1.09. The van der Waals surface area contributed by atoms with Gasteiger partial charge in [-0.2, -0.15) is 0 Å². The second-order valence-electron chi connectivity index (χ2n) is 7.80. The summed E-state index contributed by atoms with van der Waals surface area (Å²) in [5.41, 5.74) is 1.16. The highest BCUT2D eigenvalue weighted by atomic mass is 127. The molecular weight excluding hydrogens is 465 g/mol. The monoisotopic (exact) mass is 501 g/mol. The maximum absolute atomic E-state index is 5.60. The molecule has 1 aliphatic carbocycles. The van der Waals surface area contributed by atoms with Gasteiger partial charge >= 0.3 is 0 Å². The molecule has 6 nitrogen and oxygen atoms in total. The molecule has 0 radical (unpaired) electrons. The lowest BCUT2D eigenvalue weighted by molar-refractivity contribution is 0.0529. The van der Waals surface area contributed by atoms with E-state index in [1.54, 1.807) is 0 Å². The van der Waals surface area contributed by atoms with Crippen LogP contribution in [0.4, 0.5) is 5.82 Å². The van der Waals surface area contributed by atoms with E-state index in [0.717, 1.165) is 56.0 Å². The number of ether oxygens (including phenoxy) is 1. The fourth-order valence-corrected chi connectivity index (χ4v) is 4.04. The summed E-state index contributed by atoms with van der Waals surface area (Å²) >= 11 is 0. The van der Waals surface area contributed by atoms with Crippen molar-refractivity contribution in [1.29, 1.82) is 0 Å². The molecule has 2 fully saturated rings. The molecule has 0 amide bonds. The van der Waals surface area contributed by atoms with E-state index in [9.17, 15) is 0 Å². The number of morpholine rings is 1. The van der Waals surface area contributed by atoms with E-state index in [-0.39, 0.29) is 30.1 Å². The largest absolute Gasteiger partial charge is 0.375 e. The Balaban J connectivity index is 0.00000280. The maximum Gasteiger partial charge on any atom is 0.191 e. The van der Waals surface area contributed by atoms with E-state index in [2.05, 4.69) is 44.6 Å². The lowest BCUT2D eigenvalue weighted by Crippen LogP contribution is -2.41. The van der Waals surface area contributed by atoms with Gasteiger partial charge in [0.15, 0.2) is 5.96 Å². The van der Waals surface area contributed by atoms with Crippen LogP contribution in [0.2, 0.25) is 0 Å². The van der Waals surface area contributed by atoms with E-state index in [0.29, 0.717) is 0 Å². The first kappa shape index (κ1) is 23.2. The molecule has 2 heterocycles. The van der Waals surface area contributed by atoms with E-state index >= 15 is 0 Å². The van der Waals surface area contributed by atoms with Gasteiger partial charge in [-0.25, -0.2) is 4.98 Å². The van der Waals surface area contributed by atoms with E-state index < -0.39 is 0 Å². The number of guanidine groups is 1. The minimum Gasteiger partial charge on any atom is -0.375 e. The third-order valence-electron chi connectivity index (χ3n) is 5.61. The minimum absolute atomic E-state index is 0. The third kappa shape index (κ3) is 7.39. The molecule has 0 bridgehead atoms. The summed E-state index contributed by atoms with van der Waals surface area (Å²) < 4.78 is 5.60. The zero-order valence-corrected chi connectivity index (χ0v) is 19.7. The van der Waals surface area contributed by atoms with Crippen LogP contribution in [0.1, 0.15) is 51.0 Å². The second-order valence-corrected chi connectivity index (χ2v) is 7.80. The third-order valence-corrected chi connectivity index (χ3v) is 5.61. The molecule has 7 heteroatoms. The van der Waals surface area contributed by atoms with Gasteiger partial charge < -0.3 is 20.3 Å². The van der Waals surface area contributed by atoms with Crippen LogP contribution in [-0.2, 0) is 11.3 Å². The smallest absolute Gasteiger partial charge is 0.191 e.